The second kappa shape index (κ2) is 5.70. The molecule has 7 nitrogen and oxygen atoms in total. The molecule has 0 aliphatic heterocycles. The first kappa shape index (κ1) is 14.6. The molecule has 1 atom stereocenters. The van der Waals surface area contributed by atoms with Gasteiger partial charge in [-0.15, -0.1) is 10.2 Å². The summed E-state index contributed by atoms with van der Waals surface area (Å²) in [5, 5.41) is 12.5. The average molecular weight is 296 g/mol. The highest BCUT2D eigenvalue weighted by Crippen LogP contribution is 2.25. The molecule has 1 aromatic heterocycles. The van der Waals surface area contributed by atoms with E-state index in [-0.39, 0.29) is 5.16 Å². The molecule has 0 amide bonds. The fourth-order valence-corrected chi connectivity index (χ4v) is 2.70. The smallest absolute Gasteiger partial charge is 0.273 e. The minimum atomic E-state index is -3.91. The SMILES string of the molecule is CCn1c(C(OC)c2ccccc2)nnc1S(N)(=O)=O. The van der Waals surface area contributed by atoms with Crippen LogP contribution in [0.1, 0.15) is 24.4 Å². The van der Waals surface area contributed by atoms with E-state index < -0.39 is 16.1 Å². The Bertz CT molecular complexity index is 682. The number of ether oxygens (including phenoxy) is 1. The zero-order valence-corrected chi connectivity index (χ0v) is 12.0. The van der Waals surface area contributed by atoms with Gasteiger partial charge in [-0.3, -0.25) is 4.57 Å². The van der Waals surface area contributed by atoms with Gasteiger partial charge in [0.2, 0.25) is 0 Å². The molecule has 0 spiro atoms. The van der Waals surface area contributed by atoms with Crippen molar-refractivity contribution in [3.05, 3.63) is 41.7 Å². The number of sulfonamides is 1. The minimum absolute atomic E-state index is 0.256. The summed E-state index contributed by atoms with van der Waals surface area (Å²) in [6.07, 6.45) is -0.501. The Labute approximate surface area is 117 Å². The number of hydrogen-bond donors (Lipinski definition) is 1. The molecule has 1 heterocycles. The second-order valence-corrected chi connectivity index (χ2v) is 5.61. The highest BCUT2D eigenvalue weighted by molar-refractivity contribution is 7.89. The Kier molecular flexibility index (Phi) is 4.17. The summed E-state index contributed by atoms with van der Waals surface area (Å²) in [7, 11) is -2.38. The molecule has 2 rings (SSSR count). The van der Waals surface area contributed by atoms with Crippen LogP contribution in [-0.4, -0.2) is 30.3 Å². The zero-order valence-electron chi connectivity index (χ0n) is 11.2. The number of methoxy groups -OCH3 is 1. The molecular weight excluding hydrogens is 280 g/mol. The average Bonchev–Trinajstić information content (AvgIpc) is 2.84. The predicted octanol–water partition coefficient (Wildman–Crippen LogP) is 0.681. The van der Waals surface area contributed by atoms with Gasteiger partial charge in [0.15, 0.2) is 5.82 Å². The minimum Gasteiger partial charge on any atom is -0.369 e. The van der Waals surface area contributed by atoms with E-state index in [2.05, 4.69) is 10.2 Å². The van der Waals surface area contributed by atoms with Crippen molar-refractivity contribution in [3.8, 4) is 0 Å². The molecule has 1 aromatic carbocycles. The third-order valence-electron chi connectivity index (χ3n) is 2.89. The van der Waals surface area contributed by atoms with Crippen molar-refractivity contribution < 1.29 is 13.2 Å². The predicted molar refractivity (Wildman–Crippen MR) is 72.4 cm³/mol. The molecule has 0 aliphatic carbocycles. The van der Waals surface area contributed by atoms with Gasteiger partial charge in [-0.05, 0) is 12.5 Å². The van der Waals surface area contributed by atoms with Gasteiger partial charge in [0.25, 0.3) is 15.2 Å². The fraction of sp³-hybridized carbons (Fsp3) is 0.333. The van der Waals surface area contributed by atoms with Crippen LogP contribution >= 0.6 is 0 Å². The lowest BCUT2D eigenvalue weighted by atomic mass is 10.1. The molecule has 0 saturated heterocycles. The van der Waals surface area contributed by atoms with Gasteiger partial charge in [-0.25, -0.2) is 13.6 Å². The topological polar surface area (TPSA) is 100 Å². The van der Waals surface area contributed by atoms with Crippen molar-refractivity contribution in [2.75, 3.05) is 7.11 Å². The molecule has 8 heteroatoms. The largest absolute Gasteiger partial charge is 0.369 e. The van der Waals surface area contributed by atoms with Crippen LogP contribution in [0.5, 0.6) is 0 Å². The first-order valence-corrected chi connectivity index (χ1v) is 7.57. The van der Waals surface area contributed by atoms with Crippen molar-refractivity contribution in [2.45, 2.75) is 24.7 Å². The molecule has 0 radical (unpaired) electrons. The number of rotatable bonds is 5. The quantitative estimate of drug-likeness (QED) is 0.874. The van der Waals surface area contributed by atoms with E-state index in [1.165, 1.54) is 11.7 Å². The number of benzene rings is 1. The molecule has 2 N–H and O–H groups in total. The summed E-state index contributed by atoms with van der Waals surface area (Å²) in [5.41, 5.74) is 0.859. The molecule has 108 valence electrons. The van der Waals surface area contributed by atoms with E-state index in [9.17, 15) is 8.42 Å². The highest BCUT2D eigenvalue weighted by atomic mass is 32.2. The van der Waals surface area contributed by atoms with E-state index in [0.717, 1.165) is 5.56 Å². The number of nitrogens with zero attached hydrogens (tertiary/aromatic N) is 3. The maximum Gasteiger partial charge on any atom is 0.273 e. The summed E-state index contributed by atoms with van der Waals surface area (Å²) in [5.74, 6) is 0.408. The van der Waals surface area contributed by atoms with E-state index in [0.29, 0.717) is 12.4 Å². The van der Waals surface area contributed by atoms with Crippen molar-refractivity contribution in [1.29, 1.82) is 0 Å². The van der Waals surface area contributed by atoms with Crippen molar-refractivity contribution >= 4 is 10.0 Å². The van der Waals surface area contributed by atoms with Crippen molar-refractivity contribution in [1.82, 2.24) is 14.8 Å². The molecule has 2 aromatic rings. The van der Waals surface area contributed by atoms with Gasteiger partial charge in [0, 0.05) is 13.7 Å². The maximum atomic E-state index is 11.5. The Morgan fingerprint density at radius 3 is 2.45 bits per heavy atom. The van der Waals surface area contributed by atoms with Crippen LogP contribution in [0.4, 0.5) is 0 Å². The molecule has 0 fully saturated rings. The van der Waals surface area contributed by atoms with Gasteiger partial charge >= 0.3 is 0 Å². The van der Waals surface area contributed by atoms with Gasteiger partial charge < -0.3 is 4.74 Å². The standard InChI is InChI=1S/C12H16N4O3S/c1-3-16-11(14-15-12(16)20(13,17)18)10(19-2)9-7-5-4-6-8-9/h4-8,10H,3H2,1-2H3,(H2,13,17,18). The molecule has 0 bridgehead atoms. The lowest BCUT2D eigenvalue weighted by Gasteiger charge is -2.16. The summed E-state index contributed by atoms with van der Waals surface area (Å²) < 4.78 is 29.8. The lowest BCUT2D eigenvalue weighted by Crippen LogP contribution is -2.20. The number of primary sulfonamides is 1. The summed E-state index contributed by atoms with van der Waals surface area (Å²) >= 11 is 0. The molecule has 0 aliphatic rings. The third kappa shape index (κ3) is 2.72. The van der Waals surface area contributed by atoms with Crippen LogP contribution in [0.2, 0.25) is 0 Å². The van der Waals surface area contributed by atoms with Crippen LogP contribution in [0.3, 0.4) is 0 Å². The van der Waals surface area contributed by atoms with Gasteiger partial charge in [-0.1, -0.05) is 30.3 Å². The number of aromatic nitrogens is 3. The molecular formula is C12H16N4O3S. The fourth-order valence-electron chi connectivity index (χ4n) is 2.02. The van der Waals surface area contributed by atoms with Crippen molar-refractivity contribution in [2.24, 2.45) is 5.14 Å². The normalized spacial score (nSPS) is 13.3. The second-order valence-electron chi connectivity index (χ2n) is 4.16. The van der Waals surface area contributed by atoms with Gasteiger partial charge in [-0.2, -0.15) is 0 Å². The van der Waals surface area contributed by atoms with E-state index in [1.54, 1.807) is 6.92 Å². The molecule has 1 unspecified atom stereocenters. The van der Waals surface area contributed by atoms with Crippen LogP contribution in [0.25, 0.3) is 0 Å². The Morgan fingerprint density at radius 1 is 1.30 bits per heavy atom. The van der Waals surface area contributed by atoms with Gasteiger partial charge in [0.05, 0.1) is 0 Å². The molecule has 0 saturated carbocycles. The van der Waals surface area contributed by atoms with Gasteiger partial charge in [0.1, 0.15) is 6.10 Å². The number of nitrogens with two attached hydrogens (primary N) is 1. The maximum absolute atomic E-state index is 11.5. The Hall–Kier alpha value is -1.77. The highest BCUT2D eigenvalue weighted by Gasteiger charge is 2.26. The van der Waals surface area contributed by atoms with E-state index in [1.807, 2.05) is 30.3 Å². The van der Waals surface area contributed by atoms with Crippen LogP contribution in [-0.2, 0) is 21.3 Å². The third-order valence-corrected chi connectivity index (χ3v) is 3.70. The summed E-state index contributed by atoms with van der Waals surface area (Å²) in [6.45, 7) is 2.17. The monoisotopic (exact) mass is 296 g/mol. The molecule has 20 heavy (non-hydrogen) atoms. The van der Waals surface area contributed by atoms with Crippen molar-refractivity contribution in [3.63, 3.8) is 0 Å². The first-order chi connectivity index (χ1) is 9.49. The number of hydrogen-bond acceptors (Lipinski definition) is 5. The van der Waals surface area contributed by atoms with Crippen LogP contribution in [0.15, 0.2) is 35.5 Å². The van der Waals surface area contributed by atoms with E-state index in [4.69, 9.17) is 9.88 Å². The summed E-state index contributed by atoms with van der Waals surface area (Å²) in [4.78, 5) is 0. The summed E-state index contributed by atoms with van der Waals surface area (Å²) in [6, 6.07) is 9.37. The zero-order chi connectivity index (χ0) is 14.8. The Balaban J connectivity index is 2.54. The van der Waals surface area contributed by atoms with Crippen LogP contribution < -0.4 is 5.14 Å². The van der Waals surface area contributed by atoms with Crippen LogP contribution in [0, 0.1) is 0 Å². The Morgan fingerprint density at radius 2 is 1.95 bits per heavy atom. The van der Waals surface area contributed by atoms with E-state index >= 15 is 0 Å². The lowest BCUT2D eigenvalue weighted by molar-refractivity contribution is 0.125. The first-order valence-electron chi connectivity index (χ1n) is 6.02.